The summed E-state index contributed by atoms with van der Waals surface area (Å²) < 4.78 is 32.1. The van der Waals surface area contributed by atoms with Gasteiger partial charge < -0.3 is 33.7 Å². The second-order valence-electron chi connectivity index (χ2n) is 9.01. The fraction of sp³-hybridized carbons (Fsp3) is 0.290. The molecule has 220 valence electrons. The highest BCUT2D eigenvalue weighted by atomic mass is 16.6. The van der Waals surface area contributed by atoms with Gasteiger partial charge in [0.1, 0.15) is 30.5 Å². The first kappa shape index (κ1) is 30.2. The number of methoxy groups -OCH3 is 2. The summed E-state index contributed by atoms with van der Waals surface area (Å²) in [4.78, 5) is 32.5. The molecule has 4 aromatic rings. The van der Waals surface area contributed by atoms with Crippen molar-refractivity contribution in [3.05, 3.63) is 83.8 Å². The highest BCUT2D eigenvalue weighted by Gasteiger charge is 2.19. The zero-order chi connectivity index (χ0) is 29.7. The number of pyridine rings is 2. The van der Waals surface area contributed by atoms with Crippen molar-refractivity contribution in [1.29, 1.82) is 0 Å². The summed E-state index contributed by atoms with van der Waals surface area (Å²) in [5.74, 6) is 0.516. The summed E-state index contributed by atoms with van der Waals surface area (Å²) in [6, 6.07) is 14.3. The minimum atomic E-state index is -0.659. The molecule has 0 amide bonds. The van der Waals surface area contributed by atoms with Crippen LogP contribution in [0, 0.1) is 6.92 Å². The fourth-order valence-electron chi connectivity index (χ4n) is 3.97. The quantitative estimate of drug-likeness (QED) is 0.156. The summed E-state index contributed by atoms with van der Waals surface area (Å²) in [5.41, 5.74) is 2.01. The average molecular weight is 576 g/mol. The summed E-state index contributed by atoms with van der Waals surface area (Å²) in [6.07, 6.45) is 5.37. The lowest BCUT2D eigenvalue weighted by molar-refractivity contribution is 0.0273. The number of hydrogen-bond acceptors (Lipinski definition) is 11. The van der Waals surface area contributed by atoms with E-state index < -0.39 is 11.9 Å². The maximum Gasteiger partial charge on any atom is 0.338 e. The molecule has 0 spiro atoms. The number of anilines is 2. The Labute approximate surface area is 243 Å². The third-order valence-electron chi connectivity index (χ3n) is 6.12. The third-order valence-corrected chi connectivity index (χ3v) is 6.12. The van der Waals surface area contributed by atoms with Crippen molar-refractivity contribution in [3.8, 4) is 11.5 Å². The Morgan fingerprint density at radius 3 is 2.21 bits per heavy atom. The second-order valence-corrected chi connectivity index (χ2v) is 9.01. The first-order chi connectivity index (χ1) is 20.5. The molecule has 0 saturated heterocycles. The van der Waals surface area contributed by atoms with Crippen molar-refractivity contribution < 1.29 is 38.0 Å². The maximum atomic E-state index is 12.0. The van der Waals surface area contributed by atoms with Crippen LogP contribution in [-0.4, -0.2) is 75.8 Å². The van der Waals surface area contributed by atoms with E-state index >= 15 is 0 Å². The van der Waals surface area contributed by atoms with Gasteiger partial charge in [0.15, 0.2) is 0 Å². The second kappa shape index (κ2) is 15.3. The fourth-order valence-corrected chi connectivity index (χ4v) is 3.97. The number of nitrogens with zero attached hydrogens (tertiary/aromatic N) is 2. The van der Waals surface area contributed by atoms with Gasteiger partial charge in [-0.3, -0.25) is 4.98 Å². The molecule has 0 radical (unpaired) electrons. The zero-order valence-corrected chi connectivity index (χ0v) is 23.8. The van der Waals surface area contributed by atoms with Crippen LogP contribution in [0.5, 0.6) is 11.5 Å². The lowest BCUT2D eigenvalue weighted by atomic mass is 10.1. The number of nitrogens with one attached hydrogen (secondary N) is 1. The largest absolute Gasteiger partial charge is 0.491 e. The number of benzene rings is 2. The number of aryl methyl sites for hydroxylation is 1. The van der Waals surface area contributed by atoms with Crippen LogP contribution >= 0.6 is 0 Å². The van der Waals surface area contributed by atoms with Crippen LogP contribution < -0.4 is 14.8 Å². The van der Waals surface area contributed by atoms with Crippen LogP contribution in [0.4, 0.5) is 11.5 Å². The molecule has 2 heterocycles. The molecular formula is C31H33N3O8. The highest BCUT2D eigenvalue weighted by molar-refractivity contribution is 6.03. The van der Waals surface area contributed by atoms with E-state index in [2.05, 4.69) is 15.3 Å². The molecule has 1 N–H and O–H groups in total. The zero-order valence-electron chi connectivity index (χ0n) is 23.8. The van der Waals surface area contributed by atoms with Crippen LogP contribution in [0.1, 0.15) is 26.3 Å². The Morgan fingerprint density at radius 1 is 0.738 bits per heavy atom. The van der Waals surface area contributed by atoms with Crippen LogP contribution in [-0.2, 0) is 18.9 Å². The lowest BCUT2D eigenvalue weighted by Crippen LogP contribution is -2.14. The number of rotatable bonds is 15. The van der Waals surface area contributed by atoms with Crippen molar-refractivity contribution in [3.63, 3.8) is 0 Å². The van der Waals surface area contributed by atoms with Gasteiger partial charge in [-0.15, -0.1) is 0 Å². The van der Waals surface area contributed by atoms with E-state index in [0.717, 1.165) is 27.8 Å². The Bertz CT molecular complexity index is 1510. The van der Waals surface area contributed by atoms with Gasteiger partial charge in [-0.25, -0.2) is 14.6 Å². The Balaban J connectivity index is 1.12. The summed E-state index contributed by atoms with van der Waals surface area (Å²) in [5, 5.41) is 5.48. The van der Waals surface area contributed by atoms with E-state index in [9.17, 15) is 9.59 Å². The third kappa shape index (κ3) is 8.38. The van der Waals surface area contributed by atoms with Crippen molar-refractivity contribution >= 4 is 34.2 Å². The molecule has 0 unspecified atom stereocenters. The van der Waals surface area contributed by atoms with Crippen LogP contribution in [0.25, 0.3) is 10.8 Å². The van der Waals surface area contributed by atoms with E-state index in [1.54, 1.807) is 18.5 Å². The number of esters is 2. The highest BCUT2D eigenvalue weighted by Crippen LogP contribution is 2.25. The van der Waals surface area contributed by atoms with Crippen LogP contribution in [0.15, 0.2) is 67.1 Å². The predicted molar refractivity (Wildman–Crippen MR) is 156 cm³/mol. The molecule has 11 nitrogen and oxygen atoms in total. The van der Waals surface area contributed by atoms with Gasteiger partial charge in [-0.2, -0.15) is 0 Å². The van der Waals surface area contributed by atoms with Gasteiger partial charge in [0.2, 0.25) is 0 Å². The van der Waals surface area contributed by atoms with E-state index in [1.807, 2.05) is 43.5 Å². The van der Waals surface area contributed by atoms with Gasteiger partial charge in [0.05, 0.1) is 51.8 Å². The van der Waals surface area contributed by atoms with Crippen molar-refractivity contribution in [1.82, 2.24) is 9.97 Å². The molecule has 0 aliphatic carbocycles. The van der Waals surface area contributed by atoms with Crippen molar-refractivity contribution in [2.24, 2.45) is 0 Å². The summed E-state index contributed by atoms with van der Waals surface area (Å²) >= 11 is 0. The molecule has 2 aromatic carbocycles. The number of ether oxygens (including phenoxy) is 6. The minimum absolute atomic E-state index is 0.0655. The van der Waals surface area contributed by atoms with E-state index in [4.69, 9.17) is 28.4 Å². The van der Waals surface area contributed by atoms with Gasteiger partial charge in [0, 0.05) is 41.3 Å². The Morgan fingerprint density at radius 2 is 1.45 bits per heavy atom. The van der Waals surface area contributed by atoms with Gasteiger partial charge >= 0.3 is 11.9 Å². The van der Waals surface area contributed by atoms with Crippen LogP contribution in [0.3, 0.4) is 0 Å². The summed E-state index contributed by atoms with van der Waals surface area (Å²) in [7, 11) is 2.48. The number of hydrogen-bond donors (Lipinski definition) is 1. The first-order valence-electron chi connectivity index (χ1n) is 13.3. The first-order valence-corrected chi connectivity index (χ1v) is 13.3. The average Bonchev–Trinajstić information content (AvgIpc) is 3.02. The Kier molecular flexibility index (Phi) is 11.0. The minimum Gasteiger partial charge on any atom is -0.491 e. The number of aromatic nitrogens is 2. The number of carbonyl (C=O) groups excluding carboxylic acids is 2. The lowest BCUT2D eigenvalue weighted by Gasteiger charge is -2.12. The van der Waals surface area contributed by atoms with Gasteiger partial charge in [-0.05, 0) is 48.7 Å². The smallest absolute Gasteiger partial charge is 0.338 e. The molecule has 2 aromatic heterocycles. The van der Waals surface area contributed by atoms with Crippen LogP contribution in [0.2, 0.25) is 0 Å². The normalized spacial score (nSPS) is 10.7. The molecule has 42 heavy (non-hydrogen) atoms. The summed E-state index contributed by atoms with van der Waals surface area (Å²) in [6.45, 7) is 4.04. The van der Waals surface area contributed by atoms with E-state index in [0.29, 0.717) is 44.6 Å². The van der Waals surface area contributed by atoms with E-state index in [1.165, 1.54) is 26.4 Å². The van der Waals surface area contributed by atoms with E-state index in [-0.39, 0.29) is 17.7 Å². The SMILES string of the molecule is COC(=O)c1ccc(OCCOCCOCCOc2cc(Nc3ccc4cnccc4c3)ncc2C)cc1C(=O)OC. The molecule has 0 aliphatic heterocycles. The van der Waals surface area contributed by atoms with Crippen molar-refractivity contribution in [2.75, 3.05) is 59.2 Å². The Hall–Kier alpha value is -4.74. The topological polar surface area (TPSA) is 127 Å². The monoisotopic (exact) mass is 575 g/mol. The number of fused-ring (bicyclic) bond motifs is 1. The molecule has 0 saturated carbocycles. The molecule has 0 bridgehead atoms. The molecular weight excluding hydrogens is 542 g/mol. The maximum absolute atomic E-state index is 12.0. The van der Waals surface area contributed by atoms with Crippen molar-refractivity contribution in [2.45, 2.75) is 6.92 Å². The van der Waals surface area contributed by atoms with Gasteiger partial charge in [-0.1, -0.05) is 6.07 Å². The van der Waals surface area contributed by atoms with Gasteiger partial charge in [0.25, 0.3) is 0 Å². The predicted octanol–water partition coefficient (Wildman–Crippen LogP) is 4.75. The molecule has 0 aliphatic rings. The molecule has 0 atom stereocenters. The number of carbonyl (C=O) groups is 2. The molecule has 4 rings (SSSR count). The molecule has 0 fully saturated rings. The molecule has 11 heteroatoms. The standard InChI is InChI=1S/C31H33N3O8/c1-21-19-33-29(34-24-5-4-23-20-32-9-8-22(23)16-24)18-28(21)42-15-13-40-11-10-39-12-14-41-25-6-7-26(30(35)37-2)27(17-25)31(36)38-3/h4-9,16-20H,10-15H2,1-3H3,(H,33,34).